The minimum Gasteiger partial charge on any atom is -0.385 e. The number of piperidine rings is 1. The smallest absolute Gasteiger partial charge is 0.214 e. The van der Waals surface area contributed by atoms with E-state index in [9.17, 15) is 8.42 Å². The van der Waals surface area contributed by atoms with Crippen LogP contribution in [0.3, 0.4) is 0 Å². The summed E-state index contributed by atoms with van der Waals surface area (Å²) in [5.74, 6) is 0.187. The Bertz CT molecular complexity index is 376. The Hall–Kier alpha value is -0.170. The van der Waals surface area contributed by atoms with Crippen LogP contribution in [0.1, 0.15) is 46.5 Å². The summed E-state index contributed by atoms with van der Waals surface area (Å²) < 4.78 is 31.5. The zero-order valence-electron chi connectivity index (χ0n) is 13.3. The first-order valence-corrected chi connectivity index (χ1v) is 9.11. The largest absolute Gasteiger partial charge is 0.385 e. The van der Waals surface area contributed by atoms with Gasteiger partial charge in [0.15, 0.2) is 0 Å². The second kappa shape index (κ2) is 7.73. The van der Waals surface area contributed by atoms with E-state index in [1.165, 1.54) is 0 Å². The standard InChI is InChI=1S/C14H30N2O3S/c1-14(2,3)15-12-13-8-5-6-9-16(13)20(17,18)11-7-10-19-4/h13,15H,5-12H2,1-4H3. The Morgan fingerprint density at radius 1 is 1.30 bits per heavy atom. The van der Waals surface area contributed by atoms with Crippen molar-refractivity contribution in [2.45, 2.75) is 58.0 Å². The van der Waals surface area contributed by atoms with Crippen molar-refractivity contribution in [1.82, 2.24) is 9.62 Å². The van der Waals surface area contributed by atoms with E-state index in [2.05, 4.69) is 26.1 Å². The van der Waals surface area contributed by atoms with Crippen LogP contribution < -0.4 is 5.32 Å². The van der Waals surface area contributed by atoms with E-state index in [1.54, 1.807) is 11.4 Å². The zero-order valence-corrected chi connectivity index (χ0v) is 14.1. The minimum atomic E-state index is -3.16. The maximum Gasteiger partial charge on any atom is 0.214 e. The summed E-state index contributed by atoms with van der Waals surface area (Å²) in [6.07, 6.45) is 3.59. The predicted octanol–water partition coefficient (Wildman–Crippen LogP) is 1.60. The van der Waals surface area contributed by atoms with Crippen molar-refractivity contribution in [3.05, 3.63) is 0 Å². The molecule has 1 rings (SSSR count). The van der Waals surface area contributed by atoms with Gasteiger partial charge in [0.1, 0.15) is 0 Å². The van der Waals surface area contributed by atoms with E-state index in [-0.39, 0.29) is 17.3 Å². The molecule has 0 aromatic heterocycles. The molecule has 1 aliphatic rings. The summed E-state index contributed by atoms with van der Waals surface area (Å²) >= 11 is 0. The highest BCUT2D eigenvalue weighted by Gasteiger charge is 2.32. The van der Waals surface area contributed by atoms with Crippen LogP contribution in [0, 0.1) is 0 Å². The molecule has 6 heteroatoms. The lowest BCUT2D eigenvalue weighted by atomic mass is 10.0. The Labute approximate surface area is 124 Å². The first-order valence-electron chi connectivity index (χ1n) is 7.50. The van der Waals surface area contributed by atoms with Crippen LogP contribution >= 0.6 is 0 Å². The molecule has 0 amide bonds. The quantitative estimate of drug-likeness (QED) is 0.726. The third-order valence-electron chi connectivity index (χ3n) is 3.55. The van der Waals surface area contributed by atoms with Crippen LogP contribution in [0.2, 0.25) is 0 Å². The molecule has 0 spiro atoms. The van der Waals surface area contributed by atoms with Crippen LogP contribution in [0.5, 0.6) is 0 Å². The van der Waals surface area contributed by atoms with Crippen LogP contribution in [0.25, 0.3) is 0 Å². The lowest BCUT2D eigenvalue weighted by Crippen LogP contribution is -2.52. The monoisotopic (exact) mass is 306 g/mol. The van der Waals surface area contributed by atoms with Crippen molar-refractivity contribution in [3.8, 4) is 0 Å². The summed E-state index contributed by atoms with van der Waals surface area (Å²) in [5.41, 5.74) is 0.0168. The molecule has 0 aromatic rings. The van der Waals surface area contributed by atoms with Gasteiger partial charge in [-0.25, -0.2) is 8.42 Å². The fourth-order valence-electron chi connectivity index (χ4n) is 2.47. The van der Waals surface area contributed by atoms with Gasteiger partial charge < -0.3 is 10.1 Å². The molecule has 1 N–H and O–H groups in total. The Kier molecular flexibility index (Phi) is 6.91. The predicted molar refractivity (Wildman–Crippen MR) is 82.4 cm³/mol. The Morgan fingerprint density at radius 2 is 2.00 bits per heavy atom. The van der Waals surface area contributed by atoms with Crippen molar-refractivity contribution in [2.75, 3.05) is 32.6 Å². The van der Waals surface area contributed by atoms with Gasteiger partial charge in [-0.05, 0) is 40.0 Å². The molecule has 0 aliphatic carbocycles. The minimum absolute atomic E-state index is 0.0168. The summed E-state index contributed by atoms with van der Waals surface area (Å²) in [6, 6.07) is 0.0931. The SMILES string of the molecule is COCCCS(=O)(=O)N1CCCCC1CNC(C)(C)C. The normalized spacial score (nSPS) is 22.1. The number of hydrogen-bond acceptors (Lipinski definition) is 4. The fourth-order valence-corrected chi connectivity index (χ4v) is 4.23. The highest BCUT2D eigenvalue weighted by Crippen LogP contribution is 2.21. The van der Waals surface area contributed by atoms with Gasteiger partial charge >= 0.3 is 0 Å². The number of hydrogen-bond donors (Lipinski definition) is 1. The molecule has 0 saturated carbocycles. The van der Waals surface area contributed by atoms with E-state index < -0.39 is 10.0 Å². The van der Waals surface area contributed by atoms with E-state index in [0.29, 0.717) is 19.6 Å². The van der Waals surface area contributed by atoms with Crippen LogP contribution in [0.4, 0.5) is 0 Å². The molecular formula is C14H30N2O3S. The lowest BCUT2D eigenvalue weighted by Gasteiger charge is -2.36. The van der Waals surface area contributed by atoms with Crippen LogP contribution in [-0.2, 0) is 14.8 Å². The van der Waals surface area contributed by atoms with Crippen LogP contribution in [0.15, 0.2) is 0 Å². The van der Waals surface area contributed by atoms with Gasteiger partial charge in [-0.15, -0.1) is 0 Å². The number of sulfonamides is 1. The first kappa shape index (κ1) is 17.9. The molecule has 1 fully saturated rings. The summed E-state index contributed by atoms with van der Waals surface area (Å²) in [7, 11) is -1.56. The van der Waals surface area contributed by atoms with Crippen molar-refractivity contribution in [1.29, 1.82) is 0 Å². The highest BCUT2D eigenvalue weighted by atomic mass is 32.2. The molecule has 1 heterocycles. The molecule has 1 atom stereocenters. The van der Waals surface area contributed by atoms with Crippen LogP contribution in [-0.4, -0.2) is 56.9 Å². The maximum absolute atomic E-state index is 12.4. The molecule has 0 aromatic carbocycles. The molecular weight excluding hydrogens is 276 g/mol. The number of nitrogens with zero attached hydrogens (tertiary/aromatic N) is 1. The maximum atomic E-state index is 12.4. The Balaban J connectivity index is 2.63. The third kappa shape index (κ3) is 6.08. The summed E-state index contributed by atoms with van der Waals surface area (Å²) in [4.78, 5) is 0. The van der Waals surface area contributed by atoms with E-state index in [1.807, 2.05) is 0 Å². The van der Waals surface area contributed by atoms with E-state index in [4.69, 9.17) is 4.74 Å². The average molecular weight is 306 g/mol. The van der Waals surface area contributed by atoms with Crippen molar-refractivity contribution < 1.29 is 13.2 Å². The van der Waals surface area contributed by atoms with Gasteiger partial charge in [0, 0.05) is 38.4 Å². The molecule has 120 valence electrons. The fraction of sp³-hybridized carbons (Fsp3) is 1.00. The lowest BCUT2D eigenvalue weighted by molar-refractivity contribution is 0.197. The highest BCUT2D eigenvalue weighted by molar-refractivity contribution is 7.89. The number of methoxy groups -OCH3 is 1. The van der Waals surface area contributed by atoms with Crippen molar-refractivity contribution in [2.24, 2.45) is 0 Å². The number of rotatable bonds is 7. The second-order valence-electron chi connectivity index (χ2n) is 6.55. The van der Waals surface area contributed by atoms with Gasteiger partial charge in [0.25, 0.3) is 0 Å². The molecule has 20 heavy (non-hydrogen) atoms. The van der Waals surface area contributed by atoms with E-state index in [0.717, 1.165) is 25.8 Å². The molecule has 1 unspecified atom stereocenters. The van der Waals surface area contributed by atoms with Crippen molar-refractivity contribution >= 4 is 10.0 Å². The van der Waals surface area contributed by atoms with Gasteiger partial charge in [-0.1, -0.05) is 6.42 Å². The summed E-state index contributed by atoms with van der Waals surface area (Å²) in [5, 5.41) is 3.43. The molecule has 1 aliphatic heterocycles. The zero-order chi connectivity index (χ0) is 15.2. The molecule has 1 saturated heterocycles. The van der Waals surface area contributed by atoms with Gasteiger partial charge in [-0.2, -0.15) is 4.31 Å². The van der Waals surface area contributed by atoms with E-state index >= 15 is 0 Å². The topological polar surface area (TPSA) is 58.6 Å². The Morgan fingerprint density at radius 3 is 2.60 bits per heavy atom. The van der Waals surface area contributed by atoms with Gasteiger partial charge in [0.05, 0.1) is 5.75 Å². The van der Waals surface area contributed by atoms with Gasteiger partial charge in [0.2, 0.25) is 10.0 Å². The number of nitrogens with one attached hydrogen (secondary N) is 1. The molecule has 0 radical (unpaired) electrons. The van der Waals surface area contributed by atoms with Crippen molar-refractivity contribution in [3.63, 3.8) is 0 Å². The molecule has 5 nitrogen and oxygen atoms in total. The average Bonchev–Trinajstić information content (AvgIpc) is 2.36. The first-order chi connectivity index (χ1) is 9.26. The second-order valence-corrected chi connectivity index (χ2v) is 8.59. The summed E-state index contributed by atoms with van der Waals surface area (Å²) in [6.45, 7) is 8.20. The van der Waals surface area contributed by atoms with Gasteiger partial charge in [-0.3, -0.25) is 0 Å². The number of ether oxygens (including phenoxy) is 1. The third-order valence-corrected chi connectivity index (χ3v) is 5.55. The molecule has 0 bridgehead atoms.